The molecule has 18 heavy (non-hydrogen) atoms. The highest BCUT2D eigenvalue weighted by Crippen LogP contribution is 2.27. The van der Waals surface area contributed by atoms with Crippen molar-refractivity contribution in [3.63, 3.8) is 0 Å². The molecule has 0 aliphatic rings. The van der Waals surface area contributed by atoms with Gasteiger partial charge in [0.25, 0.3) is 0 Å². The summed E-state index contributed by atoms with van der Waals surface area (Å²) in [5.74, 6) is -1.52. The van der Waals surface area contributed by atoms with E-state index in [0.717, 1.165) is 0 Å². The third-order valence-corrected chi connectivity index (χ3v) is 2.94. The predicted octanol–water partition coefficient (Wildman–Crippen LogP) is 3.26. The predicted molar refractivity (Wildman–Crippen MR) is 68.0 cm³/mol. The molecule has 0 radical (unpaired) electrons. The van der Waals surface area contributed by atoms with Crippen LogP contribution < -0.4 is 0 Å². The number of rotatable bonds is 3. The second kappa shape index (κ2) is 5.07. The van der Waals surface area contributed by atoms with Crippen molar-refractivity contribution in [2.45, 2.75) is 6.42 Å². The highest BCUT2D eigenvalue weighted by molar-refractivity contribution is 9.10. The molecule has 0 bridgehead atoms. The highest BCUT2D eigenvalue weighted by Gasteiger charge is 2.15. The van der Waals surface area contributed by atoms with Crippen LogP contribution in [0.1, 0.15) is 5.69 Å². The molecule has 0 unspecified atom stereocenters. The van der Waals surface area contributed by atoms with Gasteiger partial charge in [-0.3, -0.25) is 4.79 Å². The molecule has 0 spiro atoms. The van der Waals surface area contributed by atoms with E-state index in [0.29, 0.717) is 21.7 Å². The van der Waals surface area contributed by atoms with Gasteiger partial charge in [0.15, 0.2) is 4.73 Å². The number of aromatic nitrogens is 2. The lowest BCUT2D eigenvalue weighted by Crippen LogP contribution is -2.01. The van der Waals surface area contributed by atoms with Gasteiger partial charge < -0.3 is 10.1 Å². The topological polar surface area (TPSA) is 66.0 Å². The van der Waals surface area contributed by atoms with Gasteiger partial charge in [-0.05, 0) is 34.1 Å². The van der Waals surface area contributed by atoms with Gasteiger partial charge in [0.1, 0.15) is 5.82 Å². The lowest BCUT2D eigenvalue weighted by atomic mass is 10.1. The maximum Gasteiger partial charge on any atom is 0.309 e. The fourth-order valence-corrected chi connectivity index (χ4v) is 2.14. The third-order valence-electron chi connectivity index (χ3n) is 2.27. The third kappa shape index (κ3) is 2.70. The van der Waals surface area contributed by atoms with Crippen molar-refractivity contribution in [3.05, 3.63) is 39.5 Å². The van der Waals surface area contributed by atoms with Crippen LogP contribution in [0.3, 0.4) is 0 Å². The second-order valence-corrected chi connectivity index (χ2v) is 4.71. The van der Waals surface area contributed by atoms with E-state index in [2.05, 4.69) is 25.9 Å². The summed E-state index contributed by atoms with van der Waals surface area (Å²) in [6, 6.07) is 4.12. The molecular weight excluding hydrogens is 326 g/mol. The Morgan fingerprint density at radius 2 is 2.28 bits per heavy atom. The number of carboxylic acids is 1. The summed E-state index contributed by atoms with van der Waals surface area (Å²) in [7, 11) is 0. The Hall–Kier alpha value is -1.40. The first kappa shape index (κ1) is 13.0. The standard InChI is InChI=1S/C11H7BrClFN2O2/c12-11-15-8(4-9(17)18)10(16-11)5-1-2-7(14)6(13)3-5/h1-3H,4H2,(H,15,16)(H,17,18). The average molecular weight is 334 g/mol. The number of carboxylic acid groups (broad SMARTS) is 1. The monoisotopic (exact) mass is 332 g/mol. The molecule has 1 heterocycles. The van der Waals surface area contributed by atoms with Gasteiger partial charge >= 0.3 is 5.97 Å². The molecule has 2 aromatic rings. The van der Waals surface area contributed by atoms with Crippen molar-refractivity contribution in [1.29, 1.82) is 0 Å². The summed E-state index contributed by atoms with van der Waals surface area (Å²) in [5.41, 5.74) is 1.42. The first-order valence-corrected chi connectivity index (χ1v) is 6.06. The average Bonchev–Trinajstić information content (AvgIpc) is 2.62. The van der Waals surface area contributed by atoms with Crippen LogP contribution in [0.4, 0.5) is 4.39 Å². The molecule has 0 fully saturated rings. The minimum absolute atomic E-state index is 0.0344. The summed E-state index contributed by atoms with van der Waals surface area (Å²) < 4.78 is 13.5. The normalized spacial score (nSPS) is 10.6. The number of nitrogens with zero attached hydrogens (tertiary/aromatic N) is 1. The molecule has 4 nitrogen and oxygen atoms in total. The molecule has 0 atom stereocenters. The summed E-state index contributed by atoms with van der Waals surface area (Å²) >= 11 is 8.82. The molecule has 0 amide bonds. The van der Waals surface area contributed by atoms with Gasteiger partial charge in [0, 0.05) is 5.56 Å². The lowest BCUT2D eigenvalue weighted by molar-refractivity contribution is -0.136. The number of benzene rings is 1. The van der Waals surface area contributed by atoms with Gasteiger partial charge in [-0.1, -0.05) is 11.6 Å². The Morgan fingerprint density at radius 3 is 2.89 bits per heavy atom. The molecule has 0 aliphatic heterocycles. The van der Waals surface area contributed by atoms with E-state index in [4.69, 9.17) is 16.7 Å². The van der Waals surface area contributed by atoms with Crippen LogP contribution >= 0.6 is 27.5 Å². The van der Waals surface area contributed by atoms with Crippen LogP contribution in [0.15, 0.2) is 22.9 Å². The maximum atomic E-state index is 13.1. The summed E-state index contributed by atoms with van der Waals surface area (Å²) in [6.07, 6.45) is -0.205. The van der Waals surface area contributed by atoms with Crippen molar-refractivity contribution < 1.29 is 14.3 Å². The van der Waals surface area contributed by atoms with Gasteiger partial charge in [0.05, 0.1) is 22.8 Å². The Bertz CT molecular complexity index is 615. The largest absolute Gasteiger partial charge is 0.481 e. The Balaban J connectivity index is 2.49. The number of carbonyl (C=O) groups is 1. The van der Waals surface area contributed by atoms with E-state index >= 15 is 0 Å². The molecule has 1 aromatic heterocycles. The number of aromatic amines is 1. The van der Waals surface area contributed by atoms with Crippen molar-refractivity contribution in [2.24, 2.45) is 0 Å². The van der Waals surface area contributed by atoms with Crippen LogP contribution in [-0.2, 0) is 11.2 Å². The Labute approximate surface area is 115 Å². The van der Waals surface area contributed by atoms with E-state index in [1.807, 2.05) is 0 Å². The van der Waals surface area contributed by atoms with Gasteiger partial charge in [-0.25, -0.2) is 9.37 Å². The smallest absolute Gasteiger partial charge is 0.309 e. The molecular formula is C11H7BrClFN2O2. The van der Waals surface area contributed by atoms with Crippen LogP contribution in [0.25, 0.3) is 11.3 Å². The number of hydrogen-bond acceptors (Lipinski definition) is 2. The molecule has 2 N–H and O–H groups in total. The lowest BCUT2D eigenvalue weighted by Gasteiger charge is -2.02. The van der Waals surface area contributed by atoms with Crippen molar-refractivity contribution in [1.82, 2.24) is 9.97 Å². The molecule has 7 heteroatoms. The first-order chi connectivity index (χ1) is 8.47. The van der Waals surface area contributed by atoms with E-state index in [9.17, 15) is 9.18 Å². The number of imidazole rings is 1. The molecule has 0 aliphatic carbocycles. The zero-order valence-corrected chi connectivity index (χ0v) is 11.2. The summed E-state index contributed by atoms with van der Waals surface area (Å²) in [6.45, 7) is 0. The molecule has 1 aromatic carbocycles. The zero-order valence-electron chi connectivity index (χ0n) is 8.88. The highest BCUT2D eigenvalue weighted by atomic mass is 79.9. The molecule has 2 rings (SSSR count). The second-order valence-electron chi connectivity index (χ2n) is 3.55. The quantitative estimate of drug-likeness (QED) is 0.906. The maximum absolute atomic E-state index is 13.1. The fourth-order valence-electron chi connectivity index (χ4n) is 1.54. The van der Waals surface area contributed by atoms with Gasteiger partial charge in [-0.2, -0.15) is 0 Å². The molecule has 94 valence electrons. The fraction of sp³-hybridized carbons (Fsp3) is 0.0909. The number of aliphatic carboxylic acids is 1. The van der Waals surface area contributed by atoms with Crippen LogP contribution in [0.5, 0.6) is 0 Å². The van der Waals surface area contributed by atoms with E-state index < -0.39 is 11.8 Å². The Morgan fingerprint density at radius 1 is 1.56 bits per heavy atom. The van der Waals surface area contributed by atoms with Crippen molar-refractivity contribution in [3.8, 4) is 11.3 Å². The van der Waals surface area contributed by atoms with Crippen LogP contribution in [0, 0.1) is 5.82 Å². The number of hydrogen-bond donors (Lipinski definition) is 2. The number of halogens is 3. The summed E-state index contributed by atoms with van der Waals surface area (Å²) in [5, 5.41) is 8.76. The van der Waals surface area contributed by atoms with E-state index in [1.165, 1.54) is 18.2 Å². The van der Waals surface area contributed by atoms with Crippen molar-refractivity contribution >= 4 is 33.5 Å². The van der Waals surface area contributed by atoms with Gasteiger partial charge in [-0.15, -0.1) is 0 Å². The minimum atomic E-state index is -0.986. The van der Waals surface area contributed by atoms with Crippen LogP contribution in [0.2, 0.25) is 5.02 Å². The van der Waals surface area contributed by atoms with E-state index in [-0.39, 0.29) is 11.4 Å². The minimum Gasteiger partial charge on any atom is -0.481 e. The van der Waals surface area contributed by atoms with E-state index in [1.54, 1.807) is 0 Å². The van der Waals surface area contributed by atoms with Gasteiger partial charge in [0.2, 0.25) is 0 Å². The first-order valence-electron chi connectivity index (χ1n) is 4.89. The zero-order chi connectivity index (χ0) is 13.3. The number of H-pyrrole nitrogens is 1. The Kier molecular flexibility index (Phi) is 3.68. The van der Waals surface area contributed by atoms with Crippen molar-refractivity contribution in [2.75, 3.05) is 0 Å². The number of nitrogens with one attached hydrogen (secondary N) is 1. The molecule has 0 saturated heterocycles. The SMILES string of the molecule is O=C(O)Cc1[nH]c(Br)nc1-c1ccc(F)c(Cl)c1. The van der Waals surface area contributed by atoms with Crippen LogP contribution in [-0.4, -0.2) is 21.0 Å². The molecule has 0 saturated carbocycles. The summed E-state index contributed by atoms with van der Waals surface area (Å²) in [4.78, 5) is 17.7.